The van der Waals surface area contributed by atoms with Crippen molar-refractivity contribution in [3.05, 3.63) is 200 Å². The third-order valence-corrected chi connectivity index (χ3v) is 12.0. The fourth-order valence-corrected chi connectivity index (χ4v) is 9.39. The van der Waals surface area contributed by atoms with Crippen LogP contribution in [0.15, 0.2) is 205 Å². The lowest BCUT2D eigenvalue weighted by Crippen LogP contribution is -2.13. The second-order valence-corrected chi connectivity index (χ2v) is 15.2. The Morgan fingerprint density at radius 1 is 0.345 bits per heavy atom. The van der Waals surface area contributed by atoms with Crippen LogP contribution in [0.25, 0.3) is 86.3 Å². The molecule has 3 heteroatoms. The van der Waals surface area contributed by atoms with Crippen LogP contribution in [0.3, 0.4) is 0 Å². The van der Waals surface area contributed by atoms with E-state index in [4.69, 9.17) is 4.42 Å². The molecule has 0 bridgehead atoms. The van der Waals surface area contributed by atoms with Gasteiger partial charge in [0, 0.05) is 42.1 Å². The van der Waals surface area contributed by atoms with E-state index in [1.807, 2.05) is 23.5 Å². The van der Waals surface area contributed by atoms with Crippen LogP contribution < -0.4 is 4.90 Å². The first-order valence-electron chi connectivity index (χ1n) is 18.7. The summed E-state index contributed by atoms with van der Waals surface area (Å²) in [6.45, 7) is 0. The summed E-state index contributed by atoms with van der Waals surface area (Å²) in [5, 5.41) is 7.22. The van der Waals surface area contributed by atoms with Crippen molar-refractivity contribution >= 4 is 81.3 Å². The van der Waals surface area contributed by atoms with Gasteiger partial charge in [-0.1, -0.05) is 146 Å². The molecular weight excluding hydrogens is 687 g/mol. The van der Waals surface area contributed by atoms with E-state index in [0.29, 0.717) is 0 Å². The number of hydrogen-bond acceptors (Lipinski definition) is 3. The zero-order chi connectivity index (χ0) is 36.3. The van der Waals surface area contributed by atoms with Gasteiger partial charge in [0.05, 0.1) is 17.1 Å². The van der Waals surface area contributed by atoms with Crippen molar-refractivity contribution in [2.45, 2.75) is 0 Å². The number of thiophene rings is 1. The molecule has 0 amide bonds. The average molecular weight is 720 g/mol. The summed E-state index contributed by atoms with van der Waals surface area (Å²) in [6, 6.07) is 72.5. The summed E-state index contributed by atoms with van der Waals surface area (Å²) in [5.74, 6) is 0. The minimum atomic E-state index is 0.892. The monoisotopic (exact) mass is 719 g/mol. The van der Waals surface area contributed by atoms with Gasteiger partial charge >= 0.3 is 0 Å². The normalized spacial score (nSPS) is 11.6. The molecule has 2 nitrogen and oxygen atoms in total. The van der Waals surface area contributed by atoms with Crippen molar-refractivity contribution in [1.29, 1.82) is 0 Å². The van der Waals surface area contributed by atoms with E-state index in [2.05, 4.69) is 193 Å². The highest BCUT2D eigenvalue weighted by molar-refractivity contribution is 7.26. The molecule has 2 aromatic heterocycles. The Morgan fingerprint density at radius 3 is 1.93 bits per heavy atom. The quantitative estimate of drug-likeness (QED) is 0.170. The van der Waals surface area contributed by atoms with Crippen LogP contribution in [-0.4, -0.2) is 0 Å². The molecule has 258 valence electrons. The summed E-state index contributed by atoms with van der Waals surface area (Å²) in [4.78, 5) is 2.52. The average Bonchev–Trinajstić information content (AvgIpc) is 3.83. The van der Waals surface area contributed by atoms with Crippen molar-refractivity contribution in [3.8, 4) is 33.4 Å². The third-order valence-electron chi connectivity index (χ3n) is 10.9. The lowest BCUT2D eigenvalue weighted by Gasteiger charge is -2.31. The molecule has 0 aliphatic heterocycles. The molecule has 9 aromatic carbocycles. The number of benzene rings is 9. The molecule has 11 rings (SSSR count). The van der Waals surface area contributed by atoms with Gasteiger partial charge in [-0.25, -0.2) is 0 Å². The maximum Gasteiger partial charge on any atom is 0.135 e. The highest BCUT2D eigenvalue weighted by Gasteiger charge is 2.24. The van der Waals surface area contributed by atoms with E-state index in [1.165, 1.54) is 42.1 Å². The minimum Gasteiger partial charge on any atom is -0.456 e. The highest BCUT2D eigenvalue weighted by atomic mass is 32.1. The molecule has 0 spiro atoms. The first kappa shape index (κ1) is 31.6. The van der Waals surface area contributed by atoms with Crippen molar-refractivity contribution in [3.63, 3.8) is 0 Å². The molecule has 0 radical (unpaired) electrons. The van der Waals surface area contributed by atoms with E-state index >= 15 is 0 Å². The fraction of sp³-hybridized carbons (Fsp3) is 0. The first-order chi connectivity index (χ1) is 27.3. The molecule has 55 heavy (non-hydrogen) atoms. The van der Waals surface area contributed by atoms with Gasteiger partial charge in [0.15, 0.2) is 0 Å². The van der Waals surface area contributed by atoms with E-state index in [9.17, 15) is 0 Å². The van der Waals surface area contributed by atoms with Crippen LogP contribution in [0, 0.1) is 0 Å². The van der Waals surface area contributed by atoms with Crippen LogP contribution in [0.5, 0.6) is 0 Å². The summed E-state index contributed by atoms with van der Waals surface area (Å²) in [7, 11) is 0. The van der Waals surface area contributed by atoms with Crippen LogP contribution in [0.1, 0.15) is 0 Å². The van der Waals surface area contributed by atoms with Gasteiger partial charge in [0.2, 0.25) is 0 Å². The molecule has 0 aliphatic rings. The zero-order valence-electron chi connectivity index (χ0n) is 29.8. The number of nitrogens with zero attached hydrogens (tertiary/aromatic N) is 1. The summed E-state index contributed by atoms with van der Waals surface area (Å²) < 4.78 is 8.82. The standard InChI is InChI=1S/C52H33NOS/c1-2-14-35(15-3-1)41-29-27-38(37-26-25-34-13-4-5-16-36(34)31-37)33-47(41)53(46-21-12-24-51-52(46)43-19-8-11-23-50(43)55-51)45-20-9-6-17-40(45)39-28-30-49-44(32-39)42-18-7-10-22-48(42)54-49/h1-33H. The molecule has 2 heterocycles. The first-order valence-corrected chi connectivity index (χ1v) is 19.5. The predicted octanol–water partition coefficient (Wildman–Crippen LogP) is 15.6. The third kappa shape index (κ3) is 5.32. The van der Waals surface area contributed by atoms with Crippen LogP contribution in [-0.2, 0) is 0 Å². The number of anilines is 3. The number of para-hydroxylation sites is 2. The maximum atomic E-state index is 6.28. The number of hydrogen-bond donors (Lipinski definition) is 0. The molecule has 0 saturated carbocycles. The van der Waals surface area contributed by atoms with Gasteiger partial charge < -0.3 is 9.32 Å². The van der Waals surface area contributed by atoms with Gasteiger partial charge in [0.1, 0.15) is 11.2 Å². The smallest absolute Gasteiger partial charge is 0.135 e. The van der Waals surface area contributed by atoms with Gasteiger partial charge in [-0.3, -0.25) is 0 Å². The topological polar surface area (TPSA) is 16.4 Å². The molecule has 0 aliphatic carbocycles. The van der Waals surface area contributed by atoms with E-state index in [-0.39, 0.29) is 0 Å². The van der Waals surface area contributed by atoms with E-state index in [1.54, 1.807) is 0 Å². The maximum absolute atomic E-state index is 6.28. The lowest BCUT2D eigenvalue weighted by molar-refractivity contribution is 0.669. The zero-order valence-corrected chi connectivity index (χ0v) is 30.6. The van der Waals surface area contributed by atoms with Gasteiger partial charge in [0.25, 0.3) is 0 Å². The molecule has 11 aromatic rings. The number of rotatable bonds is 6. The van der Waals surface area contributed by atoms with Crippen molar-refractivity contribution in [2.24, 2.45) is 0 Å². The Kier molecular flexibility index (Phi) is 7.39. The minimum absolute atomic E-state index is 0.892. The Bertz CT molecular complexity index is 3230. The molecule has 0 fully saturated rings. The van der Waals surface area contributed by atoms with Crippen LogP contribution in [0.4, 0.5) is 17.1 Å². The van der Waals surface area contributed by atoms with Gasteiger partial charge in [-0.15, -0.1) is 11.3 Å². The molecule has 0 N–H and O–H groups in total. The second kappa shape index (κ2) is 12.9. The Labute approximate surface area is 322 Å². The molecule has 0 unspecified atom stereocenters. The molecular formula is C52H33NOS. The fourth-order valence-electron chi connectivity index (χ4n) is 8.26. The van der Waals surface area contributed by atoms with Crippen LogP contribution in [0.2, 0.25) is 0 Å². The van der Waals surface area contributed by atoms with Crippen molar-refractivity contribution in [2.75, 3.05) is 4.90 Å². The molecule has 0 saturated heterocycles. The van der Waals surface area contributed by atoms with Gasteiger partial charge in [-0.05, 0) is 87.6 Å². The van der Waals surface area contributed by atoms with E-state index in [0.717, 1.165) is 61.3 Å². The number of furan rings is 1. The Morgan fingerprint density at radius 2 is 1.00 bits per heavy atom. The Balaban J connectivity index is 1.22. The van der Waals surface area contributed by atoms with Gasteiger partial charge in [-0.2, -0.15) is 0 Å². The van der Waals surface area contributed by atoms with Crippen LogP contribution >= 0.6 is 11.3 Å². The van der Waals surface area contributed by atoms with Crippen molar-refractivity contribution in [1.82, 2.24) is 0 Å². The van der Waals surface area contributed by atoms with Crippen molar-refractivity contribution < 1.29 is 4.42 Å². The summed E-state index contributed by atoms with van der Waals surface area (Å²) in [6.07, 6.45) is 0. The molecule has 0 atom stereocenters. The largest absolute Gasteiger partial charge is 0.456 e. The summed E-state index contributed by atoms with van der Waals surface area (Å²) >= 11 is 1.85. The SMILES string of the molecule is c1ccc(-c2ccc(-c3ccc4ccccc4c3)cc2N(c2ccccc2-c2ccc3oc4ccccc4c3c2)c2cccc3sc4ccccc4c23)cc1. The second-order valence-electron chi connectivity index (χ2n) is 14.1. The summed E-state index contributed by atoms with van der Waals surface area (Å²) in [5.41, 5.74) is 12.1. The Hall–Kier alpha value is -6.94. The predicted molar refractivity (Wildman–Crippen MR) is 235 cm³/mol. The highest BCUT2D eigenvalue weighted by Crippen LogP contribution is 2.50. The number of fused-ring (bicyclic) bond motifs is 7. The van der Waals surface area contributed by atoms with E-state index < -0.39 is 0 Å². The lowest BCUT2D eigenvalue weighted by atomic mass is 9.94.